The van der Waals surface area contributed by atoms with Crippen LogP contribution in [0, 0.1) is 6.92 Å². The number of amides is 1. The molecule has 0 saturated carbocycles. The average molecular weight is 435 g/mol. The Morgan fingerprint density at radius 1 is 0.938 bits per heavy atom. The number of aromatic nitrogens is 2. The molecule has 0 aliphatic rings. The number of rotatable bonds is 5. The van der Waals surface area contributed by atoms with Crippen molar-refractivity contribution in [3.05, 3.63) is 107 Å². The van der Waals surface area contributed by atoms with Crippen LogP contribution in [0.1, 0.15) is 27.2 Å². The van der Waals surface area contributed by atoms with Gasteiger partial charge in [0.15, 0.2) is 0 Å². The maximum absolute atomic E-state index is 13.2. The highest BCUT2D eigenvalue weighted by molar-refractivity contribution is 5.96. The average Bonchev–Trinajstić information content (AvgIpc) is 3.15. The molecule has 4 nitrogen and oxygen atoms in total. The van der Waals surface area contributed by atoms with Crippen molar-refractivity contribution in [2.75, 3.05) is 0 Å². The number of nitrogens with one attached hydrogen (secondary N) is 1. The highest BCUT2D eigenvalue weighted by Gasteiger charge is 2.30. The zero-order valence-electron chi connectivity index (χ0n) is 17.2. The Morgan fingerprint density at radius 2 is 1.59 bits per heavy atom. The first kappa shape index (κ1) is 21.4. The first-order valence-electron chi connectivity index (χ1n) is 9.99. The van der Waals surface area contributed by atoms with Crippen LogP contribution in [0.5, 0.6) is 0 Å². The Bertz CT molecular complexity index is 1230. The molecule has 3 aromatic carbocycles. The second kappa shape index (κ2) is 8.70. The largest absolute Gasteiger partial charge is 0.416 e. The molecule has 162 valence electrons. The van der Waals surface area contributed by atoms with Crippen molar-refractivity contribution < 1.29 is 18.0 Å². The summed E-state index contributed by atoms with van der Waals surface area (Å²) in [5, 5.41) is 7.42. The highest BCUT2D eigenvalue weighted by atomic mass is 19.4. The Morgan fingerprint density at radius 3 is 2.25 bits per heavy atom. The zero-order valence-corrected chi connectivity index (χ0v) is 17.2. The van der Waals surface area contributed by atoms with E-state index in [1.54, 1.807) is 10.7 Å². The van der Waals surface area contributed by atoms with Crippen LogP contribution in [-0.2, 0) is 12.7 Å². The summed E-state index contributed by atoms with van der Waals surface area (Å²) in [6.45, 7) is 1.77. The van der Waals surface area contributed by atoms with Gasteiger partial charge in [-0.15, -0.1) is 0 Å². The molecule has 4 aromatic rings. The van der Waals surface area contributed by atoms with Crippen molar-refractivity contribution in [3.8, 4) is 16.9 Å². The molecular weight excluding hydrogens is 415 g/mol. The molecule has 0 aliphatic heterocycles. The van der Waals surface area contributed by atoms with E-state index in [1.807, 2.05) is 67.6 Å². The summed E-state index contributed by atoms with van der Waals surface area (Å²) in [5.41, 5.74) is 2.87. The van der Waals surface area contributed by atoms with Gasteiger partial charge in [0.2, 0.25) is 0 Å². The van der Waals surface area contributed by atoms with Gasteiger partial charge in [0.1, 0.15) is 5.69 Å². The number of carbonyl (C=O) groups excluding carboxylic acids is 1. The number of para-hydroxylation sites is 1. The van der Waals surface area contributed by atoms with Crippen LogP contribution in [0.15, 0.2) is 84.9 Å². The molecule has 1 heterocycles. The number of halogens is 3. The number of hydrogen-bond acceptors (Lipinski definition) is 2. The van der Waals surface area contributed by atoms with Gasteiger partial charge in [-0.1, -0.05) is 60.7 Å². The van der Waals surface area contributed by atoms with Crippen molar-refractivity contribution in [2.45, 2.75) is 19.6 Å². The molecule has 0 fully saturated rings. The molecule has 4 rings (SSSR count). The lowest BCUT2D eigenvalue weighted by molar-refractivity contribution is -0.137. The first-order valence-corrected chi connectivity index (χ1v) is 9.99. The second-order valence-corrected chi connectivity index (χ2v) is 7.32. The molecule has 1 amide bonds. The van der Waals surface area contributed by atoms with Gasteiger partial charge in [-0.25, -0.2) is 4.68 Å². The third-order valence-corrected chi connectivity index (χ3v) is 5.09. The summed E-state index contributed by atoms with van der Waals surface area (Å²) in [5.74, 6) is -0.418. The Balaban J connectivity index is 1.68. The van der Waals surface area contributed by atoms with Gasteiger partial charge in [-0.2, -0.15) is 18.3 Å². The van der Waals surface area contributed by atoms with Gasteiger partial charge >= 0.3 is 6.18 Å². The van der Waals surface area contributed by atoms with E-state index in [0.717, 1.165) is 17.7 Å². The number of hydrogen-bond donors (Lipinski definition) is 1. The van der Waals surface area contributed by atoms with Crippen LogP contribution in [0.3, 0.4) is 0 Å². The first-order chi connectivity index (χ1) is 15.3. The summed E-state index contributed by atoms with van der Waals surface area (Å²) in [4.78, 5) is 13.2. The quantitative estimate of drug-likeness (QED) is 0.431. The van der Waals surface area contributed by atoms with Crippen molar-refractivity contribution in [1.82, 2.24) is 15.1 Å². The second-order valence-electron chi connectivity index (χ2n) is 7.32. The molecule has 0 aliphatic carbocycles. The molecule has 0 saturated heterocycles. The Labute approximate surface area is 183 Å². The fourth-order valence-electron chi connectivity index (χ4n) is 3.51. The van der Waals surface area contributed by atoms with Crippen molar-refractivity contribution in [1.29, 1.82) is 0 Å². The van der Waals surface area contributed by atoms with E-state index in [-0.39, 0.29) is 6.54 Å². The van der Waals surface area contributed by atoms with Crippen LogP contribution in [-0.4, -0.2) is 15.7 Å². The monoisotopic (exact) mass is 435 g/mol. The van der Waals surface area contributed by atoms with E-state index >= 15 is 0 Å². The molecule has 32 heavy (non-hydrogen) atoms. The number of benzene rings is 3. The van der Waals surface area contributed by atoms with Gasteiger partial charge in [0.05, 0.1) is 16.9 Å². The summed E-state index contributed by atoms with van der Waals surface area (Å²) in [6, 6.07) is 23.7. The summed E-state index contributed by atoms with van der Waals surface area (Å²) < 4.78 is 40.5. The Kier molecular flexibility index (Phi) is 5.81. The minimum absolute atomic E-state index is 0.0389. The van der Waals surface area contributed by atoms with Crippen LogP contribution in [0.2, 0.25) is 0 Å². The molecule has 0 spiro atoms. The number of alkyl halides is 3. The SMILES string of the molecule is Cc1c(-c2ccccc2)nn(-c2ccccc2)c1C(=O)NCc1cccc(C(F)(F)F)c1. The van der Waals surface area contributed by atoms with E-state index in [4.69, 9.17) is 0 Å². The minimum atomic E-state index is -4.44. The zero-order chi connectivity index (χ0) is 22.7. The third kappa shape index (κ3) is 4.42. The maximum Gasteiger partial charge on any atom is 0.416 e. The molecule has 0 atom stereocenters. The van der Waals surface area contributed by atoms with Crippen molar-refractivity contribution in [3.63, 3.8) is 0 Å². The van der Waals surface area contributed by atoms with E-state index in [1.165, 1.54) is 6.07 Å². The molecule has 0 radical (unpaired) electrons. The van der Waals surface area contributed by atoms with Crippen LogP contribution < -0.4 is 5.32 Å². The fraction of sp³-hybridized carbons (Fsp3) is 0.120. The highest BCUT2D eigenvalue weighted by Crippen LogP contribution is 2.30. The third-order valence-electron chi connectivity index (χ3n) is 5.09. The summed E-state index contributed by atoms with van der Waals surface area (Å²) in [6.07, 6.45) is -4.44. The van der Waals surface area contributed by atoms with Gasteiger partial charge in [-0.05, 0) is 36.8 Å². The maximum atomic E-state index is 13.2. The van der Waals surface area contributed by atoms with Gasteiger partial charge < -0.3 is 5.32 Å². The predicted octanol–water partition coefficient (Wildman–Crippen LogP) is 5.80. The lowest BCUT2D eigenvalue weighted by atomic mass is 10.1. The number of carbonyl (C=O) groups is 1. The molecular formula is C25H20F3N3O. The normalized spacial score (nSPS) is 11.4. The van der Waals surface area contributed by atoms with Gasteiger partial charge in [0, 0.05) is 17.7 Å². The molecule has 7 heteroatoms. The Hall–Kier alpha value is -3.87. The lowest BCUT2D eigenvalue weighted by Gasteiger charge is -2.11. The van der Waals surface area contributed by atoms with Crippen LogP contribution in [0.25, 0.3) is 16.9 Å². The number of nitrogens with zero attached hydrogens (tertiary/aromatic N) is 2. The van der Waals surface area contributed by atoms with Crippen molar-refractivity contribution >= 4 is 5.91 Å². The minimum Gasteiger partial charge on any atom is -0.347 e. The van der Waals surface area contributed by atoms with Crippen LogP contribution in [0.4, 0.5) is 13.2 Å². The smallest absolute Gasteiger partial charge is 0.347 e. The summed E-state index contributed by atoms with van der Waals surface area (Å²) in [7, 11) is 0. The topological polar surface area (TPSA) is 46.9 Å². The molecule has 0 bridgehead atoms. The van der Waals surface area contributed by atoms with E-state index < -0.39 is 17.6 Å². The van der Waals surface area contributed by atoms with E-state index in [2.05, 4.69) is 10.4 Å². The summed E-state index contributed by atoms with van der Waals surface area (Å²) >= 11 is 0. The van der Waals surface area contributed by atoms with Crippen molar-refractivity contribution in [2.24, 2.45) is 0 Å². The predicted molar refractivity (Wildman–Crippen MR) is 116 cm³/mol. The molecule has 0 unspecified atom stereocenters. The van der Waals surface area contributed by atoms with E-state index in [9.17, 15) is 18.0 Å². The van der Waals surface area contributed by atoms with E-state index in [0.29, 0.717) is 28.2 Å². The molecule has 1 aromatic heterocycles. The fourth-order valence-corrected chi connectivity index (χ4v) is 3.51. The molecule has 1 N–H and O–H groups in total. The van der Waals surface area contributed by atoms with Gasteiger partial charge in [-0.3, -0.25) is 4.79 Å². The van der Waals surface area contributed by atoms with Crippen LogP contribution >= 0.6 is 0 Å². The van der Waals surface area contributed by atoms with Gasteiger partial charge in [0.25, 0.3) is 5.91 Å². The standard InChI is InChI=1S/C25H20F3N3O/c1-17-22(19-10-4-2-5-11-19)30-31(21-13-6-3-7-14-21)23(17)24(32)29-16-18-9-8-12-20(15-18)25(26,27)28/h2-15H,16H2,1H3,(H,29,32). The lowest BCUT2D eigenvalue weighted by Crippen LogP contribution is -2.26.